The summed E-state index contributed by atoms with van der Waals surface area (Å²) in [5, 5.41) is 13.2. The molecule has 1 aromatic carbocycles. The summed E-state index contributed by atoms with van der Waals surface area (Å²) in [4.78, 5) is 19.1. The van der Waals surface area contributed by atoms with Crippen LogP contribution < -0.4 is 10.0 Å². The van der Waals surface area contributed by atoms with E-state index in [1.807, 2.05) is 18.2 Å². The second-order valence-corrected chi connectivity index (χ2v) is 6.57. The van der Waals surface area contributed by atoms with Gasteiger partial charge in [0.15, 0.2) is 0 Å². The Labute approximate surface area is 133 Å². The molecule has 0 spiro atoms. The molecule has 0 unspecified atom stereocenters. The summed E-state index contributed by atoms with van der Waals surface area (Å²) in [7, 11) is 2.22. The number of aromatic nitrogens is 1. The van der Waals surface area contributed by atoms with Gasteiger partial charge in [0.25, 0.3) is 0 Å². The molecule has 1 N–H and O–H groups in total. The molecule has 116 valence electrons. The van der Waals surface area contributed by atoms with Crippen LogP contribution in [0.25, 0.3) is 10.6 Å². The number of piperazine rings is 1. The molecule has 0 aliphatic carbocycles. The van der Waals surface area contributed by atoms with E-state index < -0.39 is 5.97 Å². The number of quaternary nitrogens is 1. The monoisotopic (exact) mass is 317 g/mol. The SMILES string of the molecule is C[NH+]1CCN(Cc2ccccc2-c2nc(C(=O)[O-])cs2)CC1. The second kappa shape index (κ2) is 6.56. The number of nitrogens with one attached hydrogen (secondary N) is 1. The Bertz CT molecular complexity index is 663. The standard InChI is InChI=1S/C16H19N3O2S/c1-18-6-8-19(9-7-18)10-12-4-2-3-5-13(12)15-17-14(11-22-15)16(20)21/h2-5,11H,6-10H2,1H3,(H,20,21). The van der Waals surface area contributed by atoms with Gasteiger partial charge in [0.1, 0.15) is 5.01 Å². The van der Waals surface area contributed by atoms with Gasteiger partial charge in [-0.2, -0.15) is 0 Å². The summed E-state index contributed by atoms with van der Waals surface area (Å²) in [6.45, 7) is 5.37. The van der Waals surface area contributed by atoms with E-state index in [1.165, 1.54) is 16.9 Å². The van der Waals surface area contributed by atoms with Crippen molar-refractivity contribution in [1.29, 1.82) is 0 Å². The average Bonchev–Trinajstić information content (AvgIpc) is 3.00. The molecule has 2 aromatic rings. The second-order valence-electron chi connectivity index (χ2n) is 5.72. The van der Waals surface area contributed by atoms with Crippen LogP contribution in [-0.2, 0) is 6.54 Å². The molecule has 0 radical (unpaired) electrons. The predicted octanol–water partition coefficient (Wildman–Crippen LogP) is -0.496. The van der Waals surface area contributed by atoms with Gasteiger partial charge in [-0.25, -0.2) is 4.98 Å². The molecule has 1 fully saturated rings. The maximum Gasteiger partial charge on any atom is 0.124 e. The molecule has 22 heavy (non-hydrogen) atoms. The summed E-state index contributed by atoms with van der Waals surface area (Å²) in [6, 6.07) is 8.09. The van der Waals surface area contributed by atoms with Crippen LogP contribution in [0.15, 0.2) is 29.6 Å². The number of aromatic carboxylic acids is 1. The van der Waals surface area contributed by atoms with Crippen LogP contribution in [0.2, 0.25) is 0 Å². The number of hydrogen-bond acceptors (Lipinski definition) is 5. The van der Waals surface area contributed by atoms with E-state index in [0.29, 0.717) is 0 Å². The topological polar surface area (TPSA) is 60.7 Å². The predicted molar refractivity (Wildman–Crippen MR) is 83.8 cm³/mol. The van der Waals surface area contributed by atoms with Crippen molar-refractivity contribution in [1.82, 2.24) is 9.88 Å². The van der Waals surface area contributed by atoms with Crippen molar-refractivity contribution in [3.8, 4) is 10.6 Å². The minimum absolute atomic E-state index is 0.0120. The van der Waals surface area contributed by atoms with Crippen LogP contribution in [0.5, 0.6) is 0 Å². The molecule has 3 rings (SSSR count). The molecule has 5 nitrogen and oxygen atoms in total. The van der Waals surface area contributed by atoms with Gasteiger partial charge < -0.3 is 14.8 Å². The average molecular weight is 317 g/mol. The van der Waals surface area contributed by atoms with Gasteiger partial charge in [-0.1, -0.05) is 24.3 Å². The summed E-state index contributed by atoms with van der Waals surface area (Å²) >= 11 is 1.35. The molecule has 2 heterocycles. The molecule has 1 aliphatic rings. The molecule has 1 saturated heterocycles. The fraction of sp³-hybridized carbons (Fsp3) is 0.375. The number of rotatable bonds is 4. The summed E-state index contributed by atoms with van der Waals surface area (Å²) in [6.07, 6.45) is 0. The van der Waals surface area contributed by atoms with E-state index >= 15 is 0 Å². The molecule has 0 atom stereocenters. The van der Waals surface area contributed by atoms with Gasteiger partial charge in [-0.3, -0.25) is 4.90 Å². The highest BCUT2D eigenvalue weighted by Gasteiger charge is 2.18. The first-order valence-corrected chi connectivity index (χ1v) is 8.30. The molecule has 0 amide bonds. The fourth-order valence-electron chi connectivity index (χ4n) is 2.69. The molecule has 0 saturated carbocycles. The van der Waals surface area contributed by atoms with Crippen LogP contribution in [-0.4, -0.2) is 49.1 Å². The first-order chi connectivity index (χ1) is 10.6. The van der Waals surface area contributed by atoms with Crippen molar-refractivity contribution >= 4 is 17.3 Å². The van der Waals surface area contributed by atoms with E-state index in [1.54, 1.807) is 10.3 Å². The minimum atomic E-state index is -1.22. The van der Waals surface area contributed by atoms with E-state index in [2.05, 4.69) is 23.0 Å². The Balaban J connectivity index is 1.81. The van der Waals surface area contributed by atoms with Gasteiger partial charge >= 0.3 is 0 Å². The Hall–Kier alpha value is -1.76. The Kier molecular flexibility index (Phi) is 4.52. The zero-order valence-electron chi connectivity index (χ0n) is 12.5. The molecular weight excluding hydrogens is 298 g/mol. The smallest absolute Gasteiger partial charge is 0.124 e. The van der Waals surface area contributed by atoms with Crippen LogP contribution in [0.3, 0.4) is 0 Å². The van der Waals surface area contributed by atoms with Gasteiger partial charge in [0, 0.05) is 30.6 Å². The molecule has 1 aromatic heterocycles. The summed E-state index contributed by atoms with van der Waals surface area (Å²) < 4.78 is 0. The van der Waals surface area contributed by atoms with Crippen LogP contribution in [0.1, 0.15) is 16.1 Å². The third-order valence-corrected chi connectivity index (χ3v) is 4.94. The van der Waals surface area contributed by atoms with Crippen molar-refractivity contribution in [2.24, 2.45) is 0 Å². The quantitative estimate of drug-likeness (QED) is 0.826. The van der Waals surface area contributed by atoms with Gasteiger partial charge in [-0.15, -0.1) is 11.3 Å². The van der Waals surface area contributed by atoms with Crippen molar-refractivity contribution in [2.45, 2.75) is 6.54 Å². The van der Waals surface area contributed by atoms with Crippen molar-refractivity contribution in [2.75, 3.05) is 33.2 Å². The first-order valence-electron chi connectivity index (χ1n) is 7.42. The summed E-state index contributed by atoms with van der Waals surface area (Å²) in [5.41, 5.74) is 2.23. The number of benzene rings is 1. The lowest BCUT2D eigenvalue weighted by atomic mass is 10.1. The minimum Gasteiger partial charge on any atom is -0.543 e. The summed E-state index contributed by atoms with van der Waals surface area (Å²) in [5.74, 6) is -1.22. The van der Waals surface area contributed by atoms with Crippen LogP contribution in [0, 0.1) is 0 Å². The zero-order chi connectivity index (χ0) is 15.5. The maximum atomic E-state index is 10.9. The number of carbonyl (C=O) groups excluding carboxylic acids is 1. The number of hydrogen-bond donors (Lipinski definition) is 1. The van der Waals surface area contributed by atoms with E-state index in [4.69, 9.17) is 0 Å². The molecule has 1 aliphatic heterocycles. The highest BCUT2D eigenvalue weighted by molar-refractivity contribution is 7.13. The largest absolute Gasteiger partial charge is 0.543 e. The van der Waals surface area contributed by atoms with E-state index in [9.17, 15) is 9.90 Å². The highest BCUT2D eigenvalue weighted by atomic mass is 32.1. The number of carbonyl (C=O) groups is 1. The third kappa shape index (κ3) is 3.35. The van der Waals surface area contributed by atoms with Crippen molar-refractivity contribution < 1.29 is 14.8 Å². The number of thiazole rings is 1. The fourth-order valence-corrected chi connectivity index (χ4v) is 3.54. The Morgan fingerprint density at radius 2 is 2.09 bits per heavy atom. The number of nitrogens with zero attached hydrogens (tertiary/aromatic N) is 2. The highest BCUT2D eigenvalue weighted by Crippen LogP contribution is 2.27. The number of carboxylic acids is 1. The number of carboxylic acid groups (broad SMARTS) is 1. The zero-order valence-corrected chi connectivity index (χ0v) is 13.4. The lowest BCUT2D eigenvalue weighted by Gasteiger charge is -2.30. The van der Waals surface area contributed by atoms with E-state index in [0.717, 1.165) is 43.3 Å². The Morgan fingerprint density at radius 1 is 1.36 bits per heavy atom. The van der Waals surface area contributed by atoms with Crippen LogP contribution in [0.4, 0.5) is 0 Å². The normalized spacial score (nSPS) is 16.8. The Morgan fingerprint density at radius 3 is 2.77 bits per heavy atom. The molecule has 0 bridgehead atoms. The maximum absolute atomic E-state index is 10.9. The first kappa shape index (κ1) is 15.1. The number of likely N-dealkylation sites (N-methyl/N-ethyl adjacent to an activating group) is 1. The van der Waals surface area contributed by atoms with Crippen molar-refractivity contribution in [3.63, 3.8) is 0 Å². The lowest BCUT2D eigenvalue weighted by molar-refractivity contribution is -0.884. The van der Waals surface area contributed by atoms with Gasteiger partial charge in [0.2, 0.25) is 0 Å². The van der Waals surface area contributed by atoms with Gasteiger partial charge in [0.05, 0.1) is 31.8 Å². The lowest BCUT2D eigenvalue weighted by Crippen LogP contribution is -3.11. The third-order valence-electron chi connectivity index (χ3n) is 4.06. The molecular formula is C16H19N3O2S. The van der Waals surface area contributed by atoms with E-state index in [-0.39, 0.29) is 5.69 Å². The molecule has 6 heteroatoms. The van der Waals surface area contributed by atoms with Gasteiger partial charge in [-0.05, 0) is 5.56 Å². The van der Waals surface area contributed by atoms with Crippen molar-refractivity contribution in [3.05, 3.63) is 40.9 Å². The van der Waals surface area contributed by atoms with Crippen LogP contribution >= 0.6 is 11.3 Å².